The molecule has 1 heterocycles. The van der Waals surface area contributed by atoms with Gasteiger partial charge in [-0.1, -0.05) is 0 Å². The first-order valence-electron chi connectivity index (χ1n) is 6.55. The number of piperazine rings is 1. The Labute approximate surface area is 111 Å². The molecule has 0 spiro atoms. The Morgan fingerprint density at radius 1 is 1.28 bits per heavy atom. The topological polar surface area (TPSA) is 49.9 Å². The maximum Gasteiger partial charge on any atom is 0.147 e. The molecule has 5 nitrogen and oxygen atoms in total. The van der Waals surface area contributed by atoms with Gasteiger partial charge in [0.2, 0.25) is 0 Å². The summed E-state index contributed by atoms with van der Waals surface area (Å²) in [5.74, 6) is 0.297. The van der Waals surface area contributed by atoms with Gasteiger partial charge in [0.25, 0.3) is 0 Å². The summed E-state index contributed by atoms with van der Waals surface area (Å²) in [6.45, 7) is 7.95. The molecule has 0 aromatic heterocycles. The van der Waals surface area contributed by atoms with Crippen LogP contribution in [0.4, 0.5) is 0 Å². The molecule has 0 aromatic carbocycles. The Bertz CT molecular complexity index is 332. The maximum absolute atomic E-state index is 11.1. The Morgan fingerprint density at radius 2 is 2.00 bits per heavy atom. The van der Waals surface area contributed by atoms with E-state index in [1.807, 2.05) is 0 Å². The van der Waals surface area contributed by atoms with Crippen LogP contribution in [0.2, 0.25) is 0 Å². The lowest BCUT2D eigenvalue weighted by atomic mass is 10.2. The molecule has 0 aromatic rings. The van der Waals surface area contributed by atoms with Gasteiger partial charge in [0, 0.05) is 45.6 Å². The summed E-state index contributed by atoms with van der Waals surface area (Å²) in [5, 5.41) is 0. The van der Waals surface area contributed by atoms with Gasteiger partial charge in [0.15, 0.2) is 0 Å². The van der Waals surface area contributed by atoms with Gasteiger partial charge in [0.1, 0.15) is 9.84 Å². The lowest BCUT2D eigenvalue weighted by Gasteiger charge is -2.39. The third-order valence-corrected chi connectivity index (χ3v) is 4.45. The van der Waals surface area contributed by atoms with E-state index < -0.39 is 9.84 Å². The molecular weight excluding hydrogens is 252 g/mol. The normalized spacial score (nSPS) is 23.4. The molecule has 0 amide bonds. The van der Waals surface area contributed by atoms with Crippen LogP contribution in [-0.4, -0.2) is 82.7 Å². The van der Waals surface area contributed by atoms with Crippen LogP contribution in [-0.2, 0) is 14.6 Å². The third-order valence-electron chi connectivity index (χ3n) is 3.42. The standard InChI is InChI=1S/C12H26N2O3S/c1-12-11-13(5-4-10-18(3,15)16)6-7-14(12)8-9-17-2/h12H,4-11H2,1-3H3/t12-/m0/s1. The van der Waals surface area contributed by atoms with Crippen molar-refractivity contribution in [2.45, 2.75) is 19.4 Å². The fourth-order valence-electron chi connectivity index (χ4n) is 2.36. The number of hydrogen-bond donors (Lipinski definition) is 0. The van der Waals surface area contributed by atoms with E-state index in [0.29, 0.717) is 11.8 Å². The molecule has 1 saturated heterocycles. The van der Waals surface area contributed by atoms with Crippen LogP contribution in [0.3, 0.4) is 0 Å². The first kappa shape index (κ1) is 15.9. The molecule has 18 heavy (non-hydrogen) atoms. The zero-order valence-corrected chi connectivity index (χ0v) is 12.6. The Balaban J connectivity index is 2.24. The van der Waals surface area contributed by atoms with Gasteiger partial charge in [-0.2, -0.15) is 0 Å². The second-order valence-electron chi connectivity index (χ2n) is 5.16. The summed E-state index contributed by atoms with van der Waals surface area (Å²) < 4.78 is 27.2. The van der Waals surface area contributed by atoms with Gasteiger partial charge in [-0.25, -0.2) is 8.42 Å². The van der Waals surface area contributed by atoms with Gasteiger partial charge in [-0.05, 0) is 19.9 Å². The average Bonchev–Trinajstić information content (AvgIpc) is 2.26. The van der Waals surface area contributed by atoms with Crippen molar-refractivity contribution < 1.29 is 13.2 Å². The van der Waals surface area contributed by atoms with Crippen LogP contribution >= 0.6 is 0 Å². The summed E-state index contributed by atoms with van der Waals surface area (Å²) >= 11 is 0. The van der Waals surface area contributed by atoms with Crippen molar-refractivity contribution >= 4 is 9.84 Å². The molecule has 0 aliphatic carbocycles. The van der Waals surface area contributed by atoms with Gasteiger partial charge >= 0.3 is 0 Å². The molecule has 1 aliphatic rings. The van der Waals surface area contributed by atoms with Crippen molar-refractivity contribution in [3.8, 4) is 0 Å². The van der Waals surface area contributed by atoms with Crippen molar-refractivity contribution in [2.24, 2.45) is 0 Å². The first-order valence-corrected chi connectivity index (χ1v) is 8.61. The van der Waals surface area contributed by atoms with E-state index in [4.69, 9.17) is 4.74 Å². The van der Waals surface area contributed by atoms with Crippen molar-refractivity contribution in [2.75, 3.05) is 58.4 Å². The second kappa shape index (κ2) is 7.43. The minimum absolute atomic E-state index is 0.297. The first-order chi connectivity index (χ1) is 8.42. The highest BCUT2D eigenvalue weighted by molar-refractivity contribution is 7.90. The van der Waals surface area contributed by atoms with E-state index in [1.165, 1.54) is 6.26 Å². The fourth-order valence-corrected chi connectivity index (χ4v) is 3.02. The third kappa shape index (κ3) is 6.13. The van der Waals surface area contributed by atoms with Crippen molar-refractivity contribution in [1.82, 2.24) is 9.80 Å². The quantitative estimate of drug-likeness (QED) is 0.660. The van der Waals surface area contributed by atoms with Crippen LogP contribution in [0.5, 0.6) is 0 Å². The molecule has 0 unspecified atom stereocenters. The molecule has 1 fully saturated rings. The van der Waals surface area contributed by atoms with E-state index in [-0.39, 0.29) is 0 Å². The fraction of sp³-hybridized carbons (Fsp3) is 1.00. The Morgan fingerprint density at radius 3 is 2.56 bits per heavy atom. The van der Waals surface area contributed by atoms with E-state index in [0.717, 1.165) is 45.8 Å². The van der Waals surface area contributed by atoms with Crippen LogP contribution < -0.4 is 0 Å². The van der Waals surface area contributed by atoms with E-state index in [2.05, 4.69) is 16.7 Å². The lowest BCUT2D eigenvalue weighted by Crippen LogP contribution is -2.52. The molecule has 1 atom stereocenters. The number of ether oxygens (including phenoxy) is 1. The van der Waals surface area contributed by atoms with Gasteiger partial charge < -0.3 is 9.64 Å². The number of hydrogen-bond acceptors (Lipinski definition) is 5. The zero-order valence-electron chi connectivity index (χ0n) is 11.8. The minimum Gasteiger partial charge on any atom is -0.383 e. The predicted molar refractivity (Wildman–Crippen MR) is 73.7 cm³/mol. The summed E-state index contributed by atoms with van der Waals surface area (Å²) in [4.78, 5) is 4.79. The summed E-state index contributed by atoms with van der Waals surface area (Å²) in [6.07, 6.45) is 2.04. The Hall–Kier alpha value is -0.170. The molecule has 0 N–H and O–H groups in total. The van der Waals surface area contributed by atoms with Crippen molar-refractivity contribution in [3.63, 3.8) is 0 Å². The number of nitrogens with zero attached hydrogens (tertiary/aromatic N) is 2. The Kier molecular flexibility index (Phi) is 6.55. The molecule has 0 bridgehead atoms. The van der Waals surface area contributed by atoms with E-state index in [9.17, 15) is 8.42 Å². The van der Waals surface area contributed by atoms with Crippen molar-refractivity contribution in [1.29, 1.82) is 0 Å². The smallest absolute Gasteiger partial charge is 0.147 e. The zero-order chi connectivity index (χ0) is 13.6. The predicted octanol–water partition coefficient (Wildman–Crippen LogP) is 0.0736. The molecule has 0 radical (unpaired) electrons. The lowest BCUT2D eigenvalue weighted by molar-refractivity contribution is 0.0592. The van der Waals surface area contributed by atoms with Crippen LogP contribution in [0, 0.1) is 0 Å². The highest BCUT2D eigenvalue weighted by Gasteiger charge is 2.22. The van der Waals surface area contributed by atoms with E-state index in [1.54, 1.807) is 7.11 Å². The highest BCUT2D eigenvalue weighted by Crippen LogP contribution is 2.09. The van der Waals surface area contributed by atoms with Gasteiger partial charge in [0.05, 0.1) is 12.4 Å². The summed E-state index contributed by atoms with van der Waals surface area (Å²) in [7, 11) is -1.09. The number of methoxy groups -OCH3 is 1. The van der Waals surface area contributed by atoms with Gasteiger partial charge in [-0.15, -0.1) is 0 Å². The largest absolute Gasteiger partial charge is 0.383 e. The average molecular weight is 278 g/mol. The monoisotopic (exact) mass is 278 g/mol. The maximum atomic E-state index is 11.1. The number of rotatable bonds is 7. The summed E-state index contributed by atoms with van der Waals surface area (Å²) in [6, 6.07) is 0.520. The number of sulfone groups is 1. The van der Waals surface area contributed by atoms with Crippen molar-refractivity contribution in [3.05, 3.63) is 0 Å². The minimum atomic E-state index is -2.81. The van der Waals surface area contributed by atoms with Crippen LogP contribution in [0.15, 0.2) is 0 Å². The second-order valence-corrected chi connectivity index (χ2v) is 7.42. The van der Waals surface area contributed by atoms with Crippen LogP contribution in [0.25, 0.3) is 0 Å². The van der Waals surface area contributed by atoms with Crippen LogP contribution in [0.1, 0.15) is 13.3 Å². The molecular formula is C12H26N2O3S. The molecule has 1 aliphatic heterocycles. The molecule has 6 heteroatoms. The van der Waals surface area contributed by atoms with E-state index >= 15 is 0 Å². The molecule has 1 rings (SSSR count). The highest BCUT2D eigenvalue weighted by atomic mass is 32.2. The molecule has 108 valence electrons. The molecule has 0 saturated carbocycles. The SMILES string of the molecule is COCCN1CCN(CCCS(C)(=O)=O)C[C@@H]1C. The summed E-state index contributed by atoms with van der Waals surface area (Å²) in [5.41, 5.74) is 0. The van der Waals surface area contributed by atoms with Gasteiger partial charge in [-0.3, -0.25) is 4.90 Å².